The zero-order chi connectivity index (χ0) is 8.43. The van der Waals surface area contributed by atoms with Crippen LogP contribution >= 0.6 is 31.9 Å². The summed E-state index contributed by atoms with van der Waals surface area (Å²) in [6, 6.07) is 1.67. The van der Waals surface area contributed by atoms with Gasteiger partial charge in [-0.2, -0.15) is 0 Å². The molecule has 0 saturated heterocycles. The number of H-pyrrole nitrogens is 1. The molecule has 0 spiro atoms. The molecule has 0 unspecified atom stereocenters. The summed E-state index contributed by atoms with van der Waals surface area (Å²) in [6.07, 6.45) is 0. The number of halogens is 2. The minimum Gasteiger partial charge on any atom is -0.410 e. The van der Waals surface area contributed by atoms with Gasteiger partial charge in [0.15, 0.2) is 0 Å². The summed E-state index contributed by atoms with van der Waals surface area (Å²) in [7, 11) is 0. The van der Waals surface area contributed by atoms with Gasteiger partial charge in [-0.05, 0) is 31.9 Å². The molecule has 1 aromatic rings. The van der Waals surface area contributed by atoms with Gasteiger partial charge in [0.1, 0.15) is 0 Å². The first-order valence-electron chi connectivity index (χ1n) is 2.82. The lowest BCUT2D eigenvalue weighted by atomic mass is 10.6. The standard InChI is InChI=1S/C6H5Br2NO2/c1-3(10)11-5-2-4(7)6(8)9-5/h2,9H,1H3. The van der Waals surface area contributed by atoms with Crippen molar-refractivity contribution < 1.29 is 9.53 Å². The summed E-state index contributed by atoms with van der Waals surface area (Å²) < 4.78 is 6.35. The van der Waals surface area contributed by atoms with Crippen molar-refractivity contribution in [2.45, 2.75) is 6.92 Å². The van der Waals surface area contributed by atoms with Crippen LogP contribution < -0.4 is 4.74 Å². The quantitative estimate of drug-likeness (QED) is 0.804. The third-order valence-corrected chi connectivity index (χ3v) is 2.74. The van der Waals surface area contributed by atoms with Gasteiger partial charge < -0.3 is 9.72 Å². The van der Waals surface area contributed by atoms with Crippen LogP contribution in [-0.4, -0.2) is 11.0 Å². The van der Waals surface area contributed by atoms with Crippen molar-refractivity contribution in [3.8, 4) is 5.88 Å². The molecule has 0 bridgehead atoms. The van der Waals surface area contributed by atoms with Gasteiger partial charge in [-0.1, -0.05) is 0 Å². The van der Waals surface area contributed by atoms with Crippen molar-refractivity contribution in [2.75, 3.05) is 0 Å². The van der Waals surface area contributed by atoms with E-state index in [1.165, 1.54) is 6.92 Å². The fourth-order valence-corrected chi connectivity index (χ4v) is 1.21. The highest BCUT2D eigenvalue weighted by atomic mass is 79.9. The van der Waals surface area contributed by atoms with Crippen LogP contribution in [0, 0.1) is 0 Å². The summed E-state index contributed by atoms with van der Waals surface area (Å²) in [5, 5.41) is 0. The minimum atomic E-state index is -0.341. The molecule has 0 aliphatic heterocycles. The molecule has 0 aromatic carbocycles. The van der Waals surface area contributed by atoms with Gasteiger partial charge in [-0.15, -0.1) is 0 Å². The molecule has 0 aliphatic carbocycles. The highest BCUT2D eigenvalue weighted by Crippen LogP contribution is 2.26. The molecule has 11 heavy (non-hydrogen) atoms. The summed E-state index contributed by atoms with van der Waals surface area (Å²) in [5.41, 5.74) is 0. The fraction of sp³-hybridized carbons (Fsp3) is 0.167. The zero-order valence-electron chi connectivity index (χ0n) is 5.65. The molecule has 1 heterocycles. The zero-order valence-corrected chi connectivity index (χ0v) is 8.82. The summed E-state index contributed by atoms with van der Waals surface area (Å²) in [5.74, 6) is 0.0856. The Kier molecular flexibility index (Phi) is 2.72. The highest BCUT2D eigenvalue weighted by molar-refractivity contribution is 9.13. The van der Waals surface area contributed by atoms with Crippen molar-refractivity contribution in [1.82, 2.24) is 4.98 Å². The van der Waals surface area contributed by atoms with Gasteiger partial charge in [0.2, 0.25) is 5.88 Å². The monoisotopic (exact) mass is 281 g/mol. The third kappa shape index (κ3) is 2.34. The van der Waals surface area contributed by atoms with Gasteiger partial charge in [-0.25, -0.2) is 0 Å². The molecule has 0 atom stereocenters. The first-order chi connectivity index (χ1) is 5.09. The van der Waals surface area contributed by atoms with E-state index in [-0.39, 0.29) is 5.97 Å². The fourth-order valence-electron chi connectivity index (χ4n) is 0.592. The second-order valence-corrected chi connectivity index (χ2v) is 3.54. The van der Waals surface area contributed by atoms with Gasteiger partial charge in [0, 0.05) is 13.0 Å². The molecule has 60 valence electrons. The van der Waals surface area contributed by atoms with Crippen molar-refractivity contribution in [3.63, 3.8) is 0 Å². The average Bonchev–Trinajstić information content (AvgIpc) is 2.10. The van der Waals surface area contributed by atoms with Gasteiger partial charge >= 0.3 is 5.97 Å². The molecule has 5 heteroatoms. The maximum atomic E-state index is 10.5. The number of carbonyl (C=O) groups is 1. The molecule has 1 aromatic heterocycles. The first-order valence-corrected chi connectivity index (χ1v) is 4.40. The molecule has 0 radical (unpaired) electrons. The topological polar surface area (TPSA) is 42.1 Å². The maximum Gasteiger partial charge on any atom is 0.309 e. The Hall–Kier alpha value is -0.290. The van der Waals surface area contributed by atoms with Gasteiger partial charge in [-0.3, -0.25) is 4.79 Å². The van der Waals surface area contributed by atoms with Crippen LogP contribution in [0.1, 0.15) is 6.92 Å². The molecule has 0 fully saturated rings. The second-order valence-electron chi connectivity index (χ2n) is 1.89. The summed E-state index contributed by atoms with van der Waals surface area (Å²) >= 11 is 6.45. The van der Waals surface area contributed by atoms with Crippen LogP contribution in [0.2, 0.25) is 0 Å². The number of hydrogen-bond donors (Lipinski definition) is 1. The van der Waals surface area contributed by atoms with Gasteiger partial charge in [0.05, 0.1) is 9.08 Å². The molecule has 0 aliphatic rings. The molecular weight excluding hydrogens is 278 g/mol. The average molecular weight is 283 g/mol. The van der Waals surface area contributed by atoms with Crippen molar-refractivity contribution in [2.24, 2.45) is 0 Å². The first kappa shape index (κ1) is 8.80. The van der Waals surface area contributed by atoms with Crippen molar-refractivity contribution in [1.29, 1.82) is 0 Å². The lowest BCUT2D eigenvalue weighted by Gasteiger charge is -1.93. The van der Waals surface area contributed by atoms with Crippen LogP contribution in [-0.2, 0) is 4.79 Å². The summed E-state index contributed by atoms with van der Waals surface area (Å²) in [6.45, 7) is 1.35. The van der Waals surface area contributed by atoms with Crippen LogP contribution in [0.4, 0.5) is 0 Å². The van der Waals surface area contributed by atoms with Crippen molar-refractivity contribution in [3.05, 3.63) is 15.1 Å². The Morgan fingerprint density at radius 2 is 2.27 bits per heavy atom. The lowest BCUT2D eigenvalue weighted by molar-refractivity contribution is -0.132. The number of nitrogens with one attached hydrogen (secondary N) is 1. The molecule has 0 amide bonds. The third-order valence-electron chi connectivity index (χ3n) is 0.954. The maximum absolute atomic E-state index is 10.5. The number of aromatic nitrogens is 1. The van der Waals surface area contributed by atoms with Gasteiger partial charge in [0.25, 0.3) is 0 Å². The van der Waals surface area contributed by atoms with Crippen LogP contribution in [0.3, 0.4) is 0 Å². The highest BCUT2D eigenvalue weighted by Gasteiger charge is 2.04. The van der Waals surface area contributed by atoms with E-state index < -0.39 is 0 Å². The minimum absolute atomic E-state index is 0.341. The van der Waals surface area contributed by atoms with E-state index in [2.05, 4.69) is 36.8 Å². The van der Waals surface area contributed by atoms with E-state index in [0.29, 0.717) is 5.88 Å². The number of aromatic amines is 1. The van der Waals surface area contributed by atoms with Crippen LogP contribution in [0.5, 0.6) is 5.88 Å². The number of esters is 1. The normalized spacial score (nSPS) is 9.73. The largest absolute Gasteiger partial charge is 0.410 e. The van der Waals surface area contributed by atoms with E-state index in [1.807, 2.05) is 0 Å². The Morgan fingerprint density at radius 1 is 1.64 bits per heavy atom. The Labute approximate surface area is 80.4 Å². The van der Waals surface area contributed by atoms with E-state index in [1.54, 1.807) is 6.07 Å². The van der Waals surface area contributed by atoms with E-state index >= 15 is 0 Å². The van der Waals surface area contributed by atoms with E-state index in [0.717, 1.165) is 9.08 Å². The Morgan fingerprint density at radius 3 is 2.64 bits per heavy atom. The number of carbonyl (C=O) groups excluding carboxylic acids is 1. The SMILES string of the molecule is CC(=O)Oc1cc(Br)c(Br)[nH]1. The van der Waals surface area contributed by atoms with E-state index in [9.17, 15) is 4.79 Å². The molecular formula is C6H5Br2NO2. The van der Waals surface area contributed by atoms with Crippen LogP contribution in [0.15, 0.2) is 15.1 Å². The van der Waals surface area contributed by atoms with Crippen molar-refractivity contribution >= 4 is 37.8 Å². The number of rotatable bonds is 1. The predicted molar refractivity (Wildman–Crippen MR) is 47.5 cm³/mol. The van der Waals surface area contributed by atoms with Crippen LogP contribution in [0.25, 0.3) is 0 Å². The Balaban J connectivity index is 2.81. The molecule has 1 N–H and O–H groups in total. The molecule has 1 rings (SSSR count). The second kappa shape index (κ2) is 3.40. The number of hydrogen-bond acceptors (Lipinski definition) is 2. The molecule has 0 saturated carbocycles. The van der Waals surface area contributed by atoms with E-state index in [4.69, 9.17) is 4.74 Å². The predicted octanol–water partition coefficient (Wildman–Crippen LogP) is 2.46. The lowest BCUT2D eigenvalue weighted by Crippen LogP contribution is -2.00. The number of ether oxygens (including phenoxy) is 1. The summed E-state index contributed by atoms with van der Waals surface area (Å²) in [4.78, 5) is 13.3. The Bertz CT molecular complexity index is 263. The smallest absolute Gasteiger partial charge is 0.309 e. The molecule has 3 nitrogen and oxygen atoms in total.